The van der Waals surface area contributed by atoms with Crippen LogP contribution in [0.5, 0.6) is 0 Å². The lowest BCUT2D eigenvalue weighted by Gasteiger charge is -2.16. The van der Waals surface area contributed by atoms with E-state index >= 15 is 0 Å². The number of carbonyl (C=O) groups excluding carboxylic acids is 1. The SMILES string of the molecule is O=C(Cc1cc2cccc3ccc4cccc1c4c32)c1cc2cccc3ccc4cccc1c4c32. The van der Waals surface area contributed by atoms with E-state index < -0.39 is 0 Å². The van der Waals surface area contributed by atoms with E-state index in [1.54, 1.807) is 0 Å². The number of hydrogen-bond acceptors (Lipinski definition) is 1. The smallest absolute Gasteiger partial charge is 0.167 e. The lowest BCUT2D eigenvalue weighted by atomic mass is 9.87. The molecule has 8 rings (SSSR count). The first kappa shape index (κ1) is 18.9. The summed E-state index contributed by atoms with van der Waals surface area (Å²) in [5.41, 5.74) is 1.91. The predicted octanol–water partition coefficient (Wildman–Crippen LogP) is 8.91. The van der Waals surface area contributed by atoms with Crippen LogP contribution in [0.25, 0.3) is 64.6 Å². The molecule has 35 heavy (non-hydrogen) atoms. The van der Waals surface area contributed by atoms with E-state index in [4.69, 9.17) is 0 Å². The highest BCUT2D eigenvalue weighted by Crippen LogP contribution is 2.39. The van der Waals surface area contributed by atoms with Crippen LogP contribution in [0.2, 0.25) is 0 Å². The molecule has 0 saturated heterocycles. The van der Waals surface area contributed by atoms with E-state index in [0.29, 0.717) is 6.42 Å². The second kappa shape index (κ2) is 6.77. The summed E-state index contributed by atoms with van der Waals surface area (Å²) in [4.78, 5) is 14.0. The molecule has 0 bridgehead atoms. The van der Waals surface area contributed by atoms with Gasteiger partial charge in [-0.1, -0.05) is 103 Å². The molecule has 1 heteroatoms. The van der Waals surface area contributed by atoms with Crippen LogP contribution in [-0.2, 0) is 6.42 Å². The summed E-state index contributed by atoms with van der Waals surface area (Å²) in [5, 5.41) is 14.4. The molecular formula is C34H20O. The molecule has 0 amide bonds. The molecule has 0 spiro atoms. The molecule has 0 aliphatic rings. The number of benzene rings is 8. The summed E-state index contributed by atoms with van der Waals surface area (Å²) in [5.74, 6) is 0.166. The zero-order chi connectivity index (χ0) is 23.1. The highest BCUT2D eigenvalue weighted by atomic mass is 16.1. The fourth-order valence-electron chi connectivity index (χ4n) is 6.24. The van der Waals surface area contributed by atoms with Gasteiger partial charge in [-0.2, -0.15) is 0 Å². The molecule has 0 N–H and O–H groups in total. The maximum Gasteiger partial charge on any atom is 0.167 e. The van der Waals surface area contributed by atoms with Gasteiger partial charge in [0.25, 0.3) is 0 Å². The Morgan fingerprint density at radius 1 is 0.457 bits per heavy atom. The van der Waals surface area contributed by atoms with E-state index in [2.05, 4.69) is 109 Å². The van der Waals surface area contributed by atoms with Crippen LogP contribution in [0.3, 0.4) is 0 Å². The molecule has 162 valence electrons. The van der Waals surface area contributed by atoms with Gasteiger partial charge in [-0.05, 0) is 76.3 Å². The lowest BCUT2D eigenvalue weighted by molar-refractivity contribution is 0.0995. The van der Waals surface area contributed by atoms with Crippen molar-refractivity contribution in [3.8, 4) is 0 Å². The highest BCUT2D eigenvalue weighted by molar-refractivity contribution is 6.28. The van der Waals surface area contributed by atoms with Gasteiger partial charge in [-0.25, -0.2) is 0 Å². The lowest BCUT2D eigenvalue weighted by Crippen LogP contribution is -2.06. The molecule has 0 aromatic heterocycles. The van der Waals surface area contributed by atoms with Crippen molar-refractivity contribution >= 4 is 70.4 Å². The standard InChI is InChI=1S/C34H20O/c35-30(29-18-25-10-2-6-21-14-16-23-8-4-12-28(29)34(23)32(21)25)19-26-17-24-9-1-5-20-13-15-22-7-3-11-27(26)33(22)31(20)24/h1-18H,19H2. The van der Waals surface area contributed by atoms with Gasteiger partial charge in [0.1, 0.15) is 0 Å². The van der Waals surface area contributed by atoms with Gasteiger partial charge in [0.05, 0.1) is 0 Å². The molecule has 0 fully saturated rings. The molecule has 8 aromatic rings. The first-order chi connectivity index (χ1) is 17.3. The minimum Gasteiger partial charge on any atom is -0.294 e. The van der Waals surface area contributed by atoms with E-state index in [9.17, 15) is 4.79 Å². The zero-order valence-corrected chi connectivity index (χ0v) is 19.0. The minimum absolute atomic E-state index is 0.166. The Balaban J connectivity index is 1.37. The Labute approximate surface area is 201 Å². The fraction of sp³-hybridized carbons (Fsp3) is 0.0294. The van der Waals surface area contributed by atoms with Crippen LogP contribution in [-0.4, -0.2) is 5.78 Å². The van der Waals surface area contributed by atoms with Crippen molar-refractivity contribution in [1.82, 2.24) is 0 Å². The van der Waals surface area contributed by atoms with Crippen molar-refractivity contribution in [2.75, 3.05) is 0 Å². The van der Waals surface area contributed by atoms with Gasteiger partial charge in [0.15, 0.2) is 5.78 Å². The van der Waals surface area contributed by atoms with Crippen molar-refractivity contribution in [2.45, 2.75) is 6.42 Å². The van der Waals surface area contributed by atoms with Crippen molar-refractivity contribution < 1.29 is 4.79 Å². The normalized spacial score (nSPS) is 12.2. The predicted molar refractivity (Wildman–Crippen MR) is 148 cm³/mol. The second-order valence-corrected chi connectivity index (χ2v) is 9.66. The largest absolute Gasteiger partial charge is 0.294 e. The van der Waals surface area contributed by atoms with Crippen molar-refractivity contribution in [3.05, 3.63) is 120 Å². The molecular weight excluding hydrogens is 424 g/mol. The third kappa shape index (κ3) is 2.55. The second-order valence-electron chi connectivity index (χ2n) is 9.66. The Morgan fingerprint density at radius 3 is 1.54 bits per heavy atom. The molecule has 0 radical (unpaired) electrons. The molecule has 0 heterocycles. The summed E-state index contributed by atoms with van der Waals surface area (Å²) in [7, 11) is 0. The van der Waals surface area contributed by atoms with Crippen LogP contribution < -0.4 is 0 Å². The first-order valence-corrected chi connectivity index (χ1v) is 12.1. The third-order valence-electron chi connectivity index (χ3n) is 7.75. The van der Waals surface area contributed by atoms with Gasteiger partial charge in [-0.15, -0.1) is 0 Å². The Hall–Kier alpha value is -4.49. The van der Waals surface area contributed by atoms with Crippen molar-refractivity contribution in [2.24, 2.45) is 0 Å². The first-order valence-electron chi connectivity index (χ1n) is 12.1. The summed E-state index contributed by atoms with van der Waals surface area (Å²) in [6, 6.07) is 38.6. The van der Waals surface area contributed by atoms with Crippen LogP contribution in [0.1, 0.15) is 15.9 Å². The van der Waals surface area contributed by atoms with E-state index in [1.165, 1.54) is 53.9 Å². The van der Waals surface area contributed by atoms with Gasteiger partial charge in [0.2, 0.25) is 0 Å². The highest BCUT2D eigenvalue weighted by Gasteiger charge is 2.19. The quantitative estimate of drug-likeness (QED) is 0.196. The van der Waals surface area contributed by atoms with Crippen LogP contribution in [0.15, 0.2) is 109 Å². The average Bonchev–Trinajstić information content (AvgIpc) is 2.90. The average molecular weight is 445 g/mol. The molecule has 8 aromatic carbocycles. The molecule has 0 unspecified atom stereocenters. The summed E-state index contributed by atoms with van der Waals surface area (Å²) < 4.78 is 0. The van der Waals surface area contributed by atoms with Crippen molar-refractivity contribution in [3.63, 3.8) is 0 Å². The van der Waals surface area contributed by atoms with E-state index in [-0.39, 0.29) is 5.78 Å². The number of carbonyl (C=O) groups is 1. The van der Waals surface area contributed by atoms with Gasteiger partial charge < -0.3 is 0 Å². The van der Waals surface area contributed by atoms with E-state index in [1.807, 2.05) is 0 Å². The number of rotatable bonds is 3. The maximum atomic E-state index is 14.0. The summed E-state index contributed by atoms with van der Waals surface area (Å²) >= 11 is 0. The number of ketones is 1. The Morgan fingerprint density at radius 2 is 0.914 bits per heavy atom. The van der Waals surface area contributed by atoms with Gasteiger partial charge in [0, 0.05) is 12.0 Å². The Kier molecular flexibility index (Phi) is 3.65. The summed E-state index contributed by atoms with van der Waals surface area (Å²) in [6.45, 7) is 0. The topological polar surface area (TPSA) is 17.1 Å². The fourth-order valence-corrected chi connectivity index (χ4v) is 6.24. The van der Waals surface area contributed by atoms with Crippen LogP contribution in [0.4, 0.5) is 0 Å². The van der Waals surface area contributed by atoms with Gasteiger partial charge >= 0.3 is 0 Å². The van der Waals surface area contributed by atoms with Gasteiger partial charge in [-0.3, -0.25) is 4.79 Å². The molecule has 1 nitrogen and oxygen atoms in total. The molecule has 0 aliphatic heterocycles. The molecule has 0 atom stereocenters. The Bertz CT molecular complexity index is 2100. The number of hydrogen-bond donors (Lipinski definition) is 0. The maximum absolute atomic E-state index is 14.0. The van der Waals surface area contributed by atoms with Crippen LogP contribution >= 0.6 is 0 Å². The van der Waals surface area contributed by atoms with Crippen molar-refractivity contribution in [1.29, 1.82) is 0 Å². The monoisotopic (exact) mass is 444 g/mol. The molecule has 0 aliphatic carbocycles. The van der Waals surface area contributed by atoms with Crippen LogP contribution in [0, 0.1) is 0 Å². The molecule has 0 saturated carbocycles. The minimum atomic E-state index is 0.166. The van der Waals surface area contributed by atoms with E-state index in [0.717, 1.165) is 21.9 Å². The number of Topliss-reactive ketones (excluding diaryl/α,β-unsaturated/α-hetero) is 1. The zero-order valence-electron chi connectivity index (χ0n) is 19.0. The third-order valence-corrected chi connectivity index (χ3v) is 7.75. The summed E-state index contributed by atoms with van der Waals surface area (Å²) in [6.07, 6.45) is 0.379.